The van der Waals surface area contributed by atoms with E-state index in [4.69, 9.17) is 5.11 Å². The summed E-state index contributed by atoms with van der Waals surface area (Å²) in [7, 11) is 1.57. The Morgan fingerprint density at radius 2 is 2.12 bits per heavy atom. The van der Waals surface area contributed by atoms with Crippen LogP contribution in [0, 0.1) is 0 Å². The fourth-order valence-corrected chi connectivity index (χ4v) is 1.69. The molecule has 1 aromatic carbocycles. The van der Waals surface area contributed by atoms with Crippen molar-refractivity contribution in [3.63, 3.8) is 0 Å². The second-order valence-corrected chi connectivity index (χ2v) is 3.70. The van der Waals surface area contributed by atoms with Gasteiger partial charge in [-0.1, -0.05) is 6.07 Å². The van der Waals surface area contributed by atoms with Crippen LogP contribution in [0.1, 0.15) is 10.4 Å². The van der Waals surface area contributed by atoms with Gasteiger partial charge in [0.1, 0.15) is 6.54 Å². The number of aromatic nitrogens is 1. The lowest BCUT2D eigenvalue weighted by Crippen LogP contribution is -2.23. The maximum Gasteiger partial charge on any atom is 0.335 e. The number of fused-ring (bicyclic) bond motifs is 1. The maximum absolute atomic E-state index is 11.3. The third kappa shape index (κ3) is 2.13. The van der Waals surface area contributed by atoms with E-state index in [2.05, 4.69) is 5.32 Å². The van der Waals surface area contributed by atoms with E-state index in [9.17, 15) is 9.59 Å². The van der Waals surface area contributed by atoms with Gasteiger partial charge in [0.25, 0.3) is 0 Å². The molecule has 5 heteroatoms. The van der Waals surface area contributed by atoms with Crippen molar-refractivity contribution < 1.29 is 14.7 Å². The van der Waals surface area contributed by atoms with Crippen LogP contribution in [-0.2, 0) is 11.3 Å². The van der Waals surface area contributed by atoms with Gasteiger partial charge in [-0.2, -0.15) is 0 Å². The number of likely N-dealkylation sites (N-methyl/N-ethyl adjacent to an activating group) is 1. The molecule has 1 heterocycles. The lowest BCUT2D eigenvalue weighted by Gasteiger charge is -2.04. The van der Waals surface area contributed by atoms with Crippen molar-refractivity contribution >= 4 is 22.8 Å². The highest BCUT2D eigenvalue weighted by Crippen LogP contribution is 2.17. The molecule has 5 nitrogen and oxygen atoms in total. The fourth-order valence-electron chi connectivity index (χ4n) is 1.69. The molecule has 1 aromatic heterocycles. The molecule has 88 valence electrons. The van der Waals surface area contributed by atoms with E-state index in [1.54, 1.807) is 36.0 Å². The monoisotopic (exact) mass is 232 g/mol. The molecule has 0 fully saturated rings. The summed E-state index contributed by atoms with van der Waals surface area (Å²) in [6.07, 6.45) is 1.77. The van der Waals surface area contributed by atoms with E-state index in [1.807, 2.05) is 6.07 Å². The molecule has 0 saturated heterocycles. The number of rotatable bonds is 3. The van der Waals surface area contributed by atoms with Gasteiger partial charge in [0.15, 0.2) is 0 Å². The fraction of sp³-hybridized carbons (Fsp3) is 0.167. The smallest absolute Gasteiger partial charge is 0.335 e. The van der Waals surface area contributed by atoms with E-state index in [1.165, 1.54) is 0 Å². The number of carbonyl (C=O) groups is 2. The largest absolute Gasteiger partial charge is 0.478 e. The van der Waals surface area contributed by atoms with Crippen molar-refractivity contribution in [2.24, 2.45) is 0 Å². The first kappa shape index (κ1) is 11.2. The molecule has 0 atom stereocenters. The molecule has 0 aliphatic carbocycles. The van der Waals surface area contributed by atoms with Gasteiger partial charge < -0.3 is 15.0 Å². The van der Waals surface area contributed by atoms with Crippen LogP contribution in [0.25, 0.3) is 10.9 Å². The molecule has 0 unspecified atom stereocenters. The summed E-state index contributed by atoms with van der Waals surface area (Å²) in [4.78, 5) is 22.2. The summed E-state index contributed by atoms with van der Waals surface area (Å²) in [5.74, 6) is -1.09. The van der Waals surface area contributed by atoms with Gasteiger partial charge in [0.05, 0.1) is 5.56 Å². The van der Waals surface area contributed by atoms with Gasteiger partial charge in [-0.05, 0) is 23.6 Å². The lowest BCUT2D eigenvalue weighted by molar-refractivity contribution is -0.121. The van der Waals surface area contributed by atoms with Crippen molar-refractivity contribution in [3.8, 4) is 0 Å². The van der Waals surface area contributed by atoms with Crippen LogP contribution in [0.4, 0.5) is 0 Å². The SMILES string of the molecule is CNC(=O)Cn1ccc2ccc(C(=O)O)cc21. The average Bonchev–Trinajstić information content (AvgIpc) is 2.71. The van der Waals surface area contributed by atoms with Gasteiger partial charge >= 0.3 is 5.97 Å². The van der Waals surface area contributed by atoms with Gasteiger partial charge in [-0.3, -0.25) is 4.79 Å². The predicted octanol–water partition coefficient (Wildman–Crippen LogP) is 1.09. The Morgan fingerprint density at radius 1 is 1.35 bits per heavy atom. The molecule has 2 N–H and O–H groups in total. The molecule has 0 aliphatic heterocycles. The third-order valence-corrected chi connectivity index (χ3v) is 2.61. The first-order valence-electron chi connectivity index (χ1n) is 5.14. The van der Waals surface area contributed by atoms with Crippen LogP contribution in [0.3, 0.4) is 0 Å². The quantitative estimate of drug-likeness (QED) is 0.832. The highest BCUT2D eigenvalue weighted by atomic mass is 16.4. The van der Waals surface area contributed by atoms with Gasteiger partial charge in [0.2, 0.25) is 5.91 Å². The zero-order chi connectivity index (χ0) is 12.4. The highest BCUT2D eigenvalue weighted by Gasteiger charge is 2.08. The third-order valence-electron chi connectivity index (χ3n) is 2.61. The Labute approximate surface area is 97.7 Å². The molecular weight excluding hydrogens is 220 g/mol. The highest BCUT2D eigenvalue weighted by molar-refractivity contribution is 5.93. The molecule has 1 amide bonds. The number of benzene rings is 1. The summed E-state index contributed by atoms with van der Waals surface area (Å²) in [5, 5.41) is 12.4. The van der Waals surface area contributed by atoms with Crippen LogP contribution >= 0.6 is 0 Å². The number of aromatic carboxylic acids is 1. The van der Waals surface area contributed by atoms with Crippen molar-refractivity contribution in [1.29, 1.82) is 0 Å². The first-order chi connectivity index (χ1) is 8.11. The number of carbonyl (C=O) groups excluding carboxylic acids is 1. The maximum atomic E-state index is 11.3. The van der Waals surface area contributed by atoms with Crippen molar-refractivity contribution in [3.05, 3.63) is 36.0 Å². The normalized spacial score (nSPS) is 10.4. The molecule has 0 aliphatic rings. The molecule has 2 rings (SSSR count). The number of hydrogen-bond donors (Lipinski definition) is 2. The van der Waals surface area contributed by atoms with Gasteiger partial charge in [-0.15, -0.1) is 0 Å². The number of nitrogens with zero attached hydrogens (tertiary/aromatic N) is 1. The summed E-state index contributed by atoms with van der Waals surface area (Å²) in [6, 6.07) is 6.71. The van der Waals surface area contributed by atoms with E-state index in [-0.39, 0.29) is 18.0 Å². The summed E-state index contributed by atoms with van der Waals surface area (Å²) < 4.78 is 1.72. The zero-order valence-electron chi connectivity index (χ0n) is 9.30. The Hall–Kier alpha value is -2.30. The minimum absolute atomic E-state index is 0.122. The summed E-state index contributed by atoms with van der Waals surface area (Å²) >= 11 is 0. The van der Waals surface area contributed by atoms with Gasteiger partial charge in [0, 0.05) is 18.8 Å². The number of hydrogen-bond acceptors (Lipinski definition) is 2. The number of carboxylic acid groups (broad SMARTS) is 1. The van der Waals surface area contributed by atoms with Crippen LogP contribution < -0.4 is 5.32 Å². The van der Waals surface area contributed by atoms with Crippen LogP contribution in [0.15, 0.2) is 30.5 Å². The van der Waals surface area contributed by atoms with E-state index < -0.39 is 5.97 Å². The van der Waals surface area contributed by atoms with Crippen LogP contribution in [0.5, 0.6) is 0 Å². The predicted molar refractivity (Wildman–Crippen MR) is 63.0 cm³/mol. The Balaban J connectivity index is 2.46. The first-order valence-corrected chi connectivity index (χ1v) is 5.14. The standard InChI is InChI=1S/C12H12N2O3/c1-13-11(15)7-14-5-4-8-2-3-9(12(16)17)6-10(8)14/h2-6H,7H2,1H3,(H,13,15)(H,16,17). The van der Waals surface area contributed by atoms with Crippen LogP contribution in [0.2, 0.25) is 0 Å². The minimum Gasteiger partial charge on any atom is -0.478 e. The van der Waals surface area contributed by atoms with Crippen molar-refractivity contribution in [1.82, 2.24) is 9.88 Å². The van der Waals surface area contributed by atoms with E-state index >= 15 is 0 Å². The second-order valence-electron chi connectivity index (χ2n) is 3.70. The topological polar surface area (TPSA) is 71.3 Å². The van der Waals surface area contributed by atoms with Gasteiger partial charge in [-0.25, -0.2) is 4.79 Å². The summed E-state index contributed by atoms with van der Waals surface area (Å²) in [5.41, 5.74) is 0.961. The summed E-state index contributed by atoms with van der Waals surface area (Å²) in [6.45, 7) is 0.184. The Morgan fingerprint density at radius 3 is 2.76 bits per heavy atom. The molecule has 17 heavy (non-hydrogen) atoms. The molecule has 0 radical (unpaired) electrons. The van der Waals surface area contributed by atoms with E-state index in [0.29, 0.717) is 0 Å². The number of nitrogens with one attached hydrogen (secondary N) is 1. The minimum atomic E-state index is -0.973. The Bertz CT molecular complexity index is 586. The van der Waals surface area contributed by atoms with E-state index in [0.717, 1.165) is 10.9 Å². The van der Waals surface area contributed by atoms with Crippen molar-refractivity contribution in [2.45, 2.75) is 6.54 Å². The molecule has 2 aromatic rings. The van der Waals surface area contributed by atoms with Crippen molar-refractivity contribution in [2.75, 3.05) is 7.05 Å². The lowest BCUT2D eigenvalue weighted by atomic mass is 10.1. The van der Waals surface area contributed by atoms with Crippen LogP contribution in [-0.4, -0.2) is 28.6 Å². The number of carboxylic acids is 1. The zero-order valence-corrected chi connectivity index (χ0v) is 9.30. The second kappa shape index (κ2) is 4.29. The number of amides is 1. The molecule has 0 saturated carbocycles. The average molecular weight is 232 g/mol. The molecular formula is C12H12N2O3. The molecule has 0 bridgehead atoms. The Kier molecular flexibility index (Phi) is 2.82. The molecule has 0 spiro atoms.